The van der Waals surface area contributed by atoms with Crippen LogP contribution in [0.3, 0.4) is 0 Å². The van der Waals surface area contributed by atoms with Crippen LogP contribution in [0.25, 0.3) is 0 Å². The molecule has 0 aromatic rings. The lowest BCUT2D eigenvalue weighted by atomic mass is 10.1. The fourth-order valence-electron chi connectivity index (χ4n) is 1.05. The van der Waals surface area contributed by atoms with Crippen LogP contribution in [0.5, 0.6) is 0 Å². The van der Waals surface area contributed by atoms with Crippen LogP contribution in [0.15, 0.2) is 12.2 Å². The summed E-state index contributed by atoms with van der Waals surface area (Å²) in [5.74, 6) is 0.301. The largest absolute Gasteiger partial charge is 0.299 e. The van der Waals surface area contributed by atoms with Crippen molar-refractivity contribution in [3.8, 4) is 6.07 Å². The van der Waals surface area contributed by atoms with Gasteiger partial charge in [0.05, 0.1) is 6.07 Å². The molecule has 0 aliphatic carbocycles. The van der Waals surface area contributed by atoms with E-state index in [9.17, 15) is 4.79 Å². The van der Waals surface area contributed by atoms with Crippen LogP contribution in [0, 0.1) is 11.3 Å². The summed E-state index contributed by atoms with van der Waals surface area (Å²) in [5, 5.41) is 8.26. The number of unbranched alkanes of at least 4 members (excludes halogenated alkanes) is 3. The summed E-state index contributed by atoms with van der Waals surface area (Å²) < 4.78 is 0. The molecule has 0 amide bonds. The summed E-state index contributed by atoms with van der Waals surface area (Å²) in [5.41, 5.74) is 0. The molecule has 0 rings (SSSR count). The second kappa shape index (κ2) is 8.99. The Balaban J connectivity index is 3.23. The predicted octanol–water partition coefficient (Wildman–Crippen LogP) is 3.00. The molecule has 2 heteroatoms. The fraction of sp³-hybridized carbons (Fsp3) is 0.636. The van der Waals surface area contributed by atoms with Gasteiger partial charge in [0, 0.05) is 19.3 Å². The third kappa shape index (κ3) is 8.81. The zero-order chi connectivity index (χ0) is 9.94. The smallest absolute Gasteiger partial charge is 0.136 e. The van der Waals surface area contributed by atoms with E-state index in [0.717, 1.165) is 19.3 Å². The molecule has 0 saturated heterocycles. The summed E-state index contributed by atoms with van der Waals surface area (Å²) in [6.45, 7) is 1.92. The lowest BCUT2D eigenvalue weighted by Crippen LogP contribution is -1.94. The van der Waals surface area contributed by atoms with E-state index in [4.69, 9.17) is 5.26 Å². The molecule has 0 N–H and O–H groups in total. The normalized spacial score (nSPS) is 10.2. The van der Waals surface area contributed by atoms with E-state index in [1.165, 1.54) is 0 Å². The quantitative estimate of drug-likeness (QED) is 0.445. The van der Waals surface area contributed by atoms with E-state index in [2.05, 4.69) is 6.07 Å². The van der Waals surface area contributed by atoms with E-state index in [-0.39, 0.29) is 0 Å². The molecule has 0 saturated carbocycles. The van der Waals surface area contributed by atoms with Crippen LogP contribution in [0.2, 0.25) is 0 Å². The third-order valence-electron chi connectivity index (χ3n) is 1.83. The van der Waals surface area contributed by atoms with Gasteiger partial charge in [-0.3, -0.25) is 4.79 Å². The highest BCUT2D eigenvalue weighted by atomic mass is 16.1. The number of rotatable bonds is 7. The van der Waals surface area contributed by atoms with Gasteiger partial charge >= 0.3 is 0 Å². The van der Waals surface area contributed by atoms with Gasteiger partial charge in [0.25, 0.3) is 0 Å². The summed E-state index contributed by atoms with van der Waals surface area (Å²) in [6, 6.07) is 2.09. The standard InChI is InChI=1S/C11H17NO/c1-2-3-8-11(13)9-6-4-5-7-10-12/h2-3H,4-9H2,1H3/b3-2+. The van der Waals surface area contributed by atoms with E-state index in [1.807, 2.05) is 19.1 Å². The molecular weight excluding hydrogens is 162 g/mol. The van der Waals surface area contributed by atoms with Crippen LogP contribution < -0.4 is 0 Å². The highest BCUT2D eigenvalue weighted by molar-refractivity contribution is 5.79. The minimum atomic E-state index is 0.301. The van der Waals surface area contributed by atoms with Crippen molar-refractivity contribution in [1.29, 1.82) is 5.26 Å². The lowest BCUT2D eigenvalue weighted by molar-refractivity contribution is -0.118. The van der Waals surface area contributed by atoms with Gasteiger partial charge in [-0.1, -0.05) is 18.6 Å². The first-order valence-electron chi connectivity index (χ1n) is 4.81. The van der Waals surface area contributed by atoms with Gasteiger partial charge < -0.3 is 0 Å². The molecular formula is C11H17NO. The topological polar surface area (TPSA) is 40.9 Å². The van der Waals surface area contributed by atoms with Crippen LogP contribution >= 0.6 is 0 Å². The first kappa shape index (κ1) is 11.9. The Labute approximate surface area is 80.3 Å². The summed E-state index contributed by atoms with van der Waals surface area (Å²) >= 11 is 0. The Kier molecular flexibility index (Phi) is 8.23. The minimum Gasteiger partial charge on any atom is -0.299 e. The second-order valence-corrected chi connectivity index (χ2v) is 3.03. The van der Waals surface area contributed by atoms with E-state index in [1.54, 1.807) is 0 Å². The number of hydrogen-bond donors (Lipinski definition) is 0. The van der Waals surface area contributed by atoms with Crippen molar-refractivity contribution in [2.45, 2.75) is 45.4 Å². The van der Waals surface area contributed by atoms with E-state index in [0.29, 0.717) is 25.0 Å². The Morgan fingerprint density at radius 2 is 2.15 bits per heavy atom. The van der Waals surface area contributed by atoms with Crippen molar-refractivity contribution in [2.75, 3.05) is 0 Å². The average Bonchev–Trinajstić information content (AvgIpc) is 2.14. The number of carbonyl (C=O) groups excluding carboxylic acids is 1. The number of ketones is 1. The first-order valence-corrected chi connectivity index (χ1v) is 4.81. The molecule has 0 heterocycles. The van der Waals surface area contributed by atoms with E-state index < -0.39 is 0 Å². The molecule has 0 atom stereocenters. The average molecular weight is 179 g/mol. The number of hydrogen-bond acceptors (Lipinski definition) is 2. The van der Waals surface area contributed by atoms with Crippen molar-refractivity contribution < 1.29 is 4.79 Å². The van der Waals surface area contributed by atoms with Crippen LogP contribution in [-0.2, 0) is 4.79 Å². The monoisotopic (exact) mass is 179 g/mol. The maximum absolute atomic E-state index is 11.1. The molecule has 0 bridgehead atoms. The Bertz CT molecular complexity index is 201. The van der Waals surface area contributed by atoms with Crippen molar-refractivity contribution in [1.82, 2.24) is 0 Å². The van der Waals surface area contributed by atoms with Gasteiger partial charge in [-0.05, 0) is 19.8 Å². The molecule has 0 aliphatic heterocycles. The van der Waals surface area contributed by atoms with Gasteiger partial charge in [0.1, 0.15) is 5.78 Å². The molecule has 0 radical (unpaired) electrons. The zero-order valence-electron chi connectivity index (χ0n) is 8.25. The predicted molar refractivity (Wildman–Crippen MR) is 53.1 cm³/mol. The van der Waals surface area contributed by atoms with Crippen molar-refractivity contribution in [3.63, 3.8) is 0 Å². The maximum atomic E-state index is 11.1. The Hall–Kier alpha value is -1.10. The van der Waals surface area contributed by atoms with Crippen LogP contribution in [-0.4, -0.2) is 5.78 Å². The van der Waals surface area contributed by atoms with Gasteiger partial charge in [0.2, 0.25) is 0 Å². The summed E-state index contributed by atoms with van der Waals surface area (Å²) in [4.78, 5) is 11.1. The second-order valence-electron chi connectivity index (χ2n) is 3.03. The van der Waals surface area contributed by atoms with Gasteiger partial charge in [-0.2, -0.15) is 5.26 Å². The molecule has 0 spiro atoms. The van der Waals surface area contributed by atoms with Crippen molar-refractivity contribution in [3.05, 3.63) is 12.2 Å². The van der Waals surface area contributed by atoms with Crippen molar-refractivity contribution >= 4 is 5.78 Å². The highest BCUT2D eigenvalue weighted by Crippen LogP contribution is 2.04. The van der Waals surface area contributed by atoms with Crippen molar-refractivity contribution in [2.24, 2.45) is 0 Å². The number of carbonyl (C=O) groups is 1. The first-order chi connectivity index (χ1) is 6.31. The third-order valence-corrected chi connectivity index (χ3v) is 1.83. The van der Waals surface area contributed by atoms with Gasteiger partial charge in [-0.25, -0.2) is 0 Å². The molecule has 0 aromatic carbocycles. The SMILES string of the molecule is C/C=C/CC(=O)CCCCCC#N. The van der Waals surface area contributed by atoms with E-state index >= 15 is 0 Å². The maximum Gasteiger partial charge on any atom is 0.136 e. The molecule has 2 nitrogen and oxygen atoms in total. The fourth-order valence-corrected chi connectivity index (χ4v) is 1.05. The number of Topliss-reactive ketones (excluding diaryl/α,β-unsaturated/α-hetero) is 1. The zero-order valence-corrected chi connectivity index (χ0v) is 8.25. The molecule has 0 unspecified atom stereocenters. The van der Waals surface area contributed by atoms with Gasteiger partial charge in [-0.15, -0.1) is 0 Å². The summed E-state index contributed by atoms with van der Waals surface area (Å²) in [7, 11) is 0. The summed E-state index contributed by atoms with van der Waals surface area (Å²) in [6.07, 6.45) is 8.47. The Morgan fingerprint density at radius 1 is 1.38 bits per heavy atom. The van der Waals surface area contributed by atoms with Gasteiger partial charge in [0.15, 0.2) is 0 Å². The molecule has 0 fully saturated rings. The number of allylic oxidation sites excluding steroid dienone is 2. The molecule has 0 aromatic heterocycles. The molecule has 0 aliphatic rings. The lowest BCUT2D eigenvalue weighted by Gasteiger charge is -1.96. The highest BCUT2D eigenvalue weighted by Gasteiger charge is 1.98. The molecule has 13 heavy (non-hydrogen) atoms. The number of nitrogens with zero attached hydrogens (tertiary/aromatic N) is 1. The number of nitriles is 1. The Morgan fingerprint density at radius 3 is 2.77 bits per heavy atom. The van der Waals surface area contributed by atoms with Crippen LogP contribution in [0.4, 0.5) is 0 Å². The molecule has 72 valence electrons. The minimum absolute atomic E-state index is 0.301. The van der Waals surface area contributed by atoms with Crippen LogP contribution in [0.1, 0.15) is 45.4 Å².